The lowest BCUT2D eigenvalue weighted by atomic mass is 10.3. The number of hydrogen-bond donors (Lipinski definition) is 0. The number of hydrogen-bond acceptors (Lipinski definition) is 6. The molecule has 1 aliphatic heterocycles. The smallest absolute Gasteiger partial charge is 0.258 e. The molecule has 0 saturated carbocycles. The van der Waals surface area contributed by atoms with E-state index in [1.807, 2.05) is 32.9 Å². The number of aryl methyl sites for hydroxylation is 3. The van der Waals surface area contributed by atoms with Gasteiger partial charge in [-0.2, -0.15) is 4.31 Å². The first-order valence-electron chi connectivity index (χ1n) is 9.52. The van der Waals surface area contributed by atoms with E-state index in [1.54, 1.807) is 27.0 Å². The van der Waals surface area contributed by atoms with Crippen molar-refractivity contribution in [1.29, 1.82) is 0 Å². The highest BCUT2D eigenvalue weighted by Gasteiger charge is 2.30. The SMILES string of the molecule is Cc1ccc2nc(CN3CCN(S(=O)(=O)c4cc(C)sc4C)CC3)cc(=O)n2c1. The lowest BCUT2D eigenvalue weighted by Gasteiger charge is -2.33. The molecule has 29 heavy (non-hydrogen) atoms. The zero-order valence-corrected chi connectivity index (χ0v) is 18.4. The van der Waals surface area contributed by atoms with Crippen molar-refractivity contribution >= 4 is 27.0 Å². The summed E-state index contributed by atoms with van der Waals surface area (Å²) in [6.45, 7) is 8.33. The molecule has 0 unspecified atom stereocenters. The number of piperazine rings is 1. The summed E-state index contributed by atoms with van der Waals surface area (Å²) in [5.74, 6) is 0. The largest absolute Gasteiger partial charge is 0.295 e. The molecule has 3 aromatic rings. The molecule has 0 radical (unpaired) electrons. The third-order valence-corrected chi connectivity index (χ3v) is 8.31. The fraction of sp³-hybridized carbons (Fsp3) is 0.400. The number of thiophene rings is 1. The molecule has 4 heterocycles. The Kier molecular flexibility index (Phi) is 5.32. The Morgan fingerprint density at radius 2 is 1.79 bits per heavy atom. The van der Waals surface area contributed by atoms with Crippen LogP contribution in [-0.4, -0.2) is 53.2 Å². The van der Waals surface area contributed by atoms with E-state index >= 15 is 0 Å². The molecular formula is C20H24N4O3S2. The summed E-state index contributed by atoms with van der Waals surface area (Å²) >= 11 is 1.51. The average molecular weight is 433 g/mol. The van der Waals surface area contributed by atoms with E-state index in [2.05, 4.69) is 9.88 Å². The number of rotatable bonds is 4. The van der Waals surface area contributed by atoms with Gasteiger partial charge in [0.25, 0.3) is 5.56 Å². The number of sulfonamides is 1. The summed E-state index contributed by atoms with van der Waals surface area (Å²) in [5, 5.41) is 0. The molecule has 0 aromatic carbocycles. The second-order valence-electron chi connectivity index (χ2n) is 7.48. The van der Waals surface area contributed by atoms with Crippen molar-refractivity contribution in [3.8, 4) is 0 Å². The van der Waals surface area contributed by atoms with Crippen LogP contribution in [0, 0.1) is 20.8 Å². The molecule has 1 aliphatic rings. The summed E-state index contributed by atoms with van der Waals surface area (Å²) in [6, 6.07) is 7.10. The summed E-state index contributed by atoms with van der Waals surface area (Å²) in [6.07, 6.45) is 1.78. The van der Waals surface area contributed by atoms with E-state index in [1.165, 1.54) is 11.3 Å². The van der Waals surface area contributed by atoms with Crippen molar-refractivity contribution in [2.24, 2.45) is 0 Å². The van der Waals surface area contributed by atoms with Gasteiger partial charge in [-0.25, -0.2) is 13.4 Å². The normalized spacial score (nSPS) is 16.5. The van der Waals surface area contributed by atoms with E-state index in [4.69, 9.17) is 0 Å². The fourth-order valence-corrected chi connectivity index (χ4v) is 6.64. The topological polar surface area (TPSA) is 75.0 Å². The molecule has 3 aromatic heterocycles. The second-order valence-corrected chi connectivity index (χ2v) is 10.8. The first-order valence-corrected chi connectivity index (χ1v) is 11.8. The molecule has 7 nitrogen and oxygen atoms in total. The predicted octanol–water partition coefficient (Wildman–Crippen LogP) is 2.19. The van der Waals surface area contributed by atoms with Crippen LogP contribution in [0.25, 0.3) is 5.65 Å². The maximum atomic E-state index is 13.0. The third kappa shape index (κ3) is 4.00. The molecule has 0 aliphatic carbocycles. The Morgan fingerprint density at radius 3 is 2.45 bits per heavy atom. The Balaban J connectivity index is 1.46. The van der Waals surface area contributed by atoms with Gasteiger partial charge in [0.15, 0.2) is 0 Å². The van der Waals surface area contributed by atoms with Crippen LogP contribution < -0.4 is 5.56 Å². The highest BCUT2D eigenvalue weighted by atomic mass is 32.2. The van der Waals surface area contributed by atoms with Gasteiger partial charge in [0.1, 0.15) is 5.65 Å². The lowest BCUT2D eigenvalue weighted by Crippen LogP contribution is -2.48. The highest BCUT2D eigenvalue weighted by Crippen LogP contribution is 2.28. The maximum Gasteiger partial charge on any atom is 0.258 e. The first kappa shape index (κ1) is 20.2. The van der Waals surface area contributed by atoms with Gasteiger partial charge < -0.3 is 0 Å². The molecule has 0 N–H and O–H groups in total. The van der Waals surface area contributed by atoms with E-state index in [0.717, 1.165) is 15.3 Å². The monoisotopic (exact) mass is 432 g/mol. The van der Waals surface area contributed by atoms with Crippen molar-refractivity contribution in [1.82, 2.24) is 18.6 Å². The number of aromatic nitrogens is 2. The molecule has 0 atom stereocenters. The predicted molar refractivity (Wildman–Crippen MR) is 114 cm³/mol. The summed E-state index contributed by atoms with van der Waals surface area (Å²) in [7, 11) is -3.46. The van der Waals surface area contributed by atoms with Crippen molar-refractivity contribution in [3.05, 3.63) is 61.8 Å². The molecule has 0 amide bonds. The second kappa shape index (κ2) is 7.64. The van der Waals surface area contributed by atoms with Crippen LogP contribution in [0.2, 0.25) is 0 Å². The zero-order valence-electron chi connectivity index (χ0n) is 16.8. The van der Waals surface area contributed by atoms with Crippen molar-refractivity contribution < 1.29 is 8.42 Å². The Labute approximate surface area is 174 Å². The Bertz CT molecular complexity index is 1220. The van der Waals surface area contributed by atoms with Crippen molar-refractivity contribution in [3.63, 3.8) is 0 Å². The first-order chi connectivity index (χ1) is 13.7. The Hall–Kier alpha value is -2.07. The minimum Gasteiger partial charge on any atom is -0.295 e. The molecule has 0 bridgehead atoms. The van der Waals surface area contributed by atoms with Gasteiger partial charge in [0.05, 0.1) is 10.6 Å². The molecule has 154 valence electrons. The number of pyridine rings is 1. The van der Waals surface area contributed by atoms with Gasteiger partial charge in [-0.1, -0.05) is 6.07 Å². The van der Waals surface area contributed by atoms with E-state index in [9.17, 15) is 13.2 Å². The van der Waals surface area contributed by atoms with Gasteiger partial charge in [-0.05, 0) is 38.5 Å². The zero-order chi connectivity index (χ0) is 20.8. The van der Waals surface area contributed by atoms with Crippen molar-refractivity contribution in [2.45, 2.75) is 32.2 Å². The highest BCUT2D eigenvalue weighted by molar-refractivity contribution is 7.89. The van der Waals surface area contributed by atoms with Crippen LogP contribution in [0.15, 0.2) is 40.2 Å². The van der Waals surface area contributed by atoms with Crippen LogP contribution >= 0.6 is 11.3 Å². The van der Waals surface area contributed by atoms with E-state index in [0.29, 0.717) is 49.0 Å². The van der Waals surface area contributed by atoms with Gasteiger partial charge in [0, 0.05) is 54.7 Å². The van der Waals surface area contributed by atoms with Crippen LogP contribution in [0.4, 0.5) is 0 Å². The maximum absolute atomic E-state index is 13.0. The summed E-state index contributed by atoms with van der Waals surface area (Å²) in [4.78, 5) is 21.4. The molecule has 1 fully saturated rings. The minimum atomic E-state index is -3.46. The van der Waals surface area contributed by atoms with Gasteiger partial charge in [-0.3, -0.25) is 14.1 Å². The number of fused-ring (bicyclic) bond motifs is 1. The third-order valence-electron chi connectivity index (χ3n) is 5.19. The van der Waals surface area contributed by atoms with Gasteiger partial charge in [0.2, 0.25) is 10.0 Å². The molecular weight excluding hydrogens is 408 g/mol. The molecule has 4 rings (SSSR count). The van der Waals surface area contributed by atoms with Gasteiger partial charge >= 0.3 is 0 Å². The Morgan fingerprint density at radius 1 is 1.07 bits per heavy atom. The van der Waals surface area contributed by atoms with E-state index < -0.39 is 10.0 Å². The standard InChI is InChI=1S/C20H24N4O3S2/c1-14-4-5-19-21-17(11-20(25)24(19)12-14)13-22-6-8-23(9-7-22)29(26,27)18-10-15(2)28-16(18)3/h4-5,10-12H,6-9,13H2,1-3H3. The van der Waals surface area contributed by atoms with Crippen molar-refractivity contribution in [2.75, 3.05) is 26.2 Å². The van der Waals surface area contributed by atoms with Crippen LogP contribution in [0.3, 0.4) is 0 Å². The minimum absolute atomic E-state index is 0.0989. The quantitative estimate of drug-likeness (QED) is 0.632. The molecule has 1 saturated heterocycles. The summed E-state index contributed by atoms with van der Waals surface area (Å²) in [5.41, 5.74) is 2.24. The van der Waals surface area contributed by atoms with Gasteiger partial charge in [-0.15, -0.1) is 11.3 Å². The molecule has 0 spiro atoms. The number of nitrogens with zero attached hydrogens (tertiary/aromatic N) is 4. The lowest BCUT2D eigenvalue weighted by molar-refractivity contribution is 0.180. The van der Waals surface area contributed by atoms with Crippen LogP contribution in [0.1, 0.15) is 21.0 Å². The average Bonchev–Trinajstić information content (AvgIpc) is 3.02. The van der Waals surface area contributed by atoms with E-state index in [-0.39, 0.29) is 5.56 Å². The van der Waals surface area contributed by atoms with Crippen LogP contribution in [0.5, 0.6) is 0 Å². The fourth-order valence-electron chi connectivity index (χ4n) is 3.70. The molecule has 9 heteroatoms. The summed E-state index contributed by atoms with van der Waals surface area (Å²) < 4.78 is 29.0. The van der Waals surface area contributed by atoms with Crippen LogP contribution in [-0.2, 0) is 16.6 Å².